The highest BCUT2D eigenvalue weighted by Gasteiger charge is 2.13. The Balaban J connectivity index is 1.78. The first-order valence-corrected chi connectivity index (χ1v) is 8.73. The van der Waals surface area contributed by atoms with E-state index >= 15 is 0 Å². The van der Waals surface area contributed by atoms with Crippen molar-refractivity contribution in [3.05, 3.63) is 92.1 Å². The molecule has 0 bridgehead atoms. The van der Waals surface area contributed by atoms with Gasteiger partial charge in [0.1, 0.15) is 5.82 Å². The van der Waals surface area contributed by atoms with Crippen molar-refractivity contribution >= 4 is 17.5 Å². The molecule has 6 heteroatoms. The molecule has 1 heterocycles. The number of anilines is 1. The van der Waals surface area contributed by atoms with Gasteiger partial charge in [0.05, 0.1) is 5.69 Å². The number of H-pyrrole nitrogens is 1. The summed E-state index contributed by atoms with van der Waals surface area (Å²) in [6.45, 7) is 2.29. The zero-order valence-electron chi connectivity index (χ0n) is 14.4. The zero-order chi connectivity index (χ0) is 18.5. The van der Waals surface area contributed by atoms with Crippen LogP contribution in [0, 0.1) is 12.7 Å². The number of hydrogen-bond donors (Lipinski definition) is 2. The Hall–Kier alpha value is -2.66. The van der Waals surface area contributed by atoms with Gasteiger partial charge in [-0.2, -0.15) is 0 Å². The Bertz CT molecular complexity index is 937. The lowest BCUT2D eigenvalue weighted by molar-refractivity contribution is 0.613. The van der Waals surface area contributed by atoms with E-state index in [1.165, 1.54) is 11.6 Å². The topological polar surface area (TPSA) is 57.8 Å². The van der Waals surface area contributed by atoms with Crippen molar-refractivity contribution < 1.29 is 4.39 Å². The van der Waals surface area contributed by atoms with Crippen molar-refractivity contribution in [1.82, 2.24) is 9.97 Å². The summed E-state index contributed by atoms with van der Waals surface area (Å²) in [5, 5.41) is 3.45. The first-order valence-electron chi connectivity index (χ1n) is 8.35. The first kappa shape index (κ1) is 18.1. The predicted octanol–water partition coefficient (Wildman–Crippen LogP) is 4.12. The molecular weight excluding hydrogens is 353 g/mol. The normalized spacial score (nSPS) is 10.7. The third-order valence-corrected chi connectivity index (χ3v) is 4.56. The third kappa shape index (κ3) is 4.29. The van der Waals surface area contributed by atoms with Gasteiger partial charge in [0.2, 0.25) is 5.95 Å². The molecule has 0 unspecified atom stereocenters. The second-order valence-corrected chi connectivity index (χ2v) is 6.43. The summed E-state index contributed by atoms with van der Waals surface area (Å²) in [7, 11) is 0. The van der Waals surface area contributed by atoms with Crippen LogP contribution in [0.2, 0.25) is 5.02 Å². The van der Waals surface area contributed by atoms with Crippen molar-refractivity contribution in [3.8, 4) is 0 Å². The van der Waals surface area contributed by atoms with Gasteiger partial charge in [0, 0.05) is 29.1 Å². The van der Waals surface area contributed by atoms with Crippen LogP contribution in [0.5, 0.6) is 0 Å². The van der Waals surface area contributed by atoms with E-state index in [-0.39, 0.29) is 12.0 Å². The van der Waals surface area contributed by atoms with Crippen LogP contribution < -0.4 is 10.9 Å². The molecule has 0 radical (unpaired) electrons. The van der Waals surface area contributed by atoms with E-state index in [9.17, 15) is 9.18 Å². The Morgan fingerprint density at radius 3 is 2.65 bits per heavy atom. The molecule has 4 nitrogen and oxygen atoms in total. The molecule has 0 saturated heterocycles. The molecule has 0 spiro atoms. The Kier molecular flexibility index (Phi) is 5.68. The van der Waals surface area contributed by atoms with E-state index in [4.69, 9.17) is 11.6 Å². The van der Waals surface area contributed by atoms with E-state index < -0.39 is 5.82 Å². The zero-order valence-corrected chi connectivity index (χ0v) is 15.1. The van der Waals surface area contributed by atoms with Crippen molar-refractivity contribution in [2.24, 2.45) is 0 Å². The minimum Gasteiger partial charge on any atom is -0.355 e. The van der Waals surface area contributed by atoms with Crippen LogP contribution in [0.4, 0.5) is 10.3 Å². The predicted molar refractivity (Wildman–Crippen MR) is 102 cm³/mol. The molecule has 2 N–H and O–H groups in total. The molecule has 0 aliphatic carbocycles. The van der Waals surface area contributed by atoms with Crippen molar-refractivity contribution in [3.63, 3.8) is 0 Å². The molecular formula is C20H19ClFN3O. The van der Waals surface area contributed by atoms with Gasteiger partial charge >= 0.3 is 0 Å². The number of nitrogens with one attached hydrogen (secondary N) is 2. The van der Waals surface area contributed by atoms with Crippen LogP contribution in [-0.4, -0.2) is 16.5 Å². The van der Waals surface area contributed by atoms with Gasteiger partial charge in [-0.1, -0.05) is 48.0 Å². The molecule has 0 aliphatic rings. The molecule has 0 amide bonds. The number of halogens is 2. The molecule has 0 saturated carbocycles. The van der Waals surface area contributed by atoms with E-state index in [2.05, 4.69) is 15.3 Å². The highest BCUT2D eigenvalue weighted by molar-refractivity contribution is 6.31. The summed E-state index contributed by atoms with van der Waals surface area (Å²) in [5.41, 5.74) is 2.24. The number of rotatable bonds is 6. The number of nitrogens with zero attached hydrogens (tertiary/aromatic N) is 1. The molecule has 3 rings (SSSR count). The first-order chi connectivity index (χ1) is 12.5. The van der Waals surface area contributed by atoms with Gasteiger partial charge in [0.25, 0.3) is 5.56 Å². The fraction of sp³-hybridized carbons (Fsp3) is 0.200. The highest BCUT2D eigenvalue weighted by atomic mass is 35.5. The summed E-state index contributed by atoms with van der Waals surface area (Å²) >= 11 is 6.09. The van der Waals surface area contributed by atoms with Crippen molar-refractivity contribution in [2.45, 2.75) is 19.8 Å². The molecule has 3 aromatic rings. The number of benzene rings is 2. The lowest BCUT2D eigenvalue weighted by Crippen LogP contribution is -2.19. The van der Waals surface area contributed by atoms with Gasteiger partial charge in [0.15, 0.2) is 0 Å². The second-order valence-electron chi connectivity index (χ2n) is 6.03. The monoisotopic (exact) mass is 371 g/mol. The Morgan fingerprint density at radius 2 is 1.92 bits per heavy atom. The summed E-state index contributed by atoms with van der Waals surface area (Å²) in [5.74, 6) is -0.0310. The fourth-order valence-corrected chi connectivity index (χ4v) is 2.90. The number of hydrogen-bond acceptors (Lipinski definition) is 3. The average molecular weight is 372 g/mol. The van der Waals surface area contributed by atoms with Crippen LogP contribution in [0.1, 0.15) is 22.4 Å². The minimum atomic E-state index is -0.405. The van der Waals surface area contributed by atoms with Gasteiger partial charge in [-0.25, -0.2) is 9.37 Å². The van der Waals surface area contributed by atoms with Gasteiger partial charge < -0.3 is 5.32 Å². The lowest BCUT2D eigenvalue weighted by Gasteiger charge is -2.11. The smallest absolute Gasteiger partial charge is 0.255 e. The maximum absolute atomic E-state index is 14.0. The molecule has 0 fully saturated rings. The summed E-state index contributed by atoms with van der Waals surface area (Å²) < 4.78 is 14.0. The molecule has 26 heavy (non-hydrogen) atoms. The SMILES string of the molecule is Cc1c(Cc2c(F)cccc2Cl)nc(NCCc2ccccc2)[nH]c1=O. The van der Waals surface area contributed by atoms with Crippen molar-refractivity contribution in [1.29, 1.82) is 0 Å². The maximum Gasteiger partial charge on any atom is 0.255 e. The van der Waals surface area contributed by atoms with Crippen LogP contribution in [0.25, 0.3) is 0 Å². The van der Waals surface area contributed by atoms with Gasteiger partial charge in [-0.05, 0) is 31.0 Å². The number of aromatic nitrogens is 2. The minimum absolute atomic E-state index is 0.161. The number of aromatic amines is 1. The van der Waals surface area contributed by atoms with Gasteiger partial charge in [-0.3, -0.25) is 9.78 Å². The summed E-state index contributed by atoms with van der Waals surface area (Å²) in [4.78, 5) is 19.4. The molecule has 0 atom stereocenters. The van der Waals surface area contributed by atoms with E-state index in [1.54, 1.807) is 19.1 Å². The van der Waals surface area contributed by atoms with E-state index in [0.29, 0.717) is 34.3 Å². The highest BCUT2D eigenvalue weighted by Crippen LogP contribution is 2.22. The van der Waals surface area contributed by atoms with E-state index in [0.717, 1.165) is 6.42 Å². The summed E-state index contributed by atoms with van der Waals surface area (Å²) in [6.07, 6.45) is 0.960. The van der Waals surface area contributed by atoms with Gasteiger partial charge in [-0.15, -0.1) is 0 Å². The molecule has 134 valence electrons. The Morgan fingerprint density at radius 1 is 1.15 bits per heavy atom. The third-order valence-electron chi connectivity index (χ3n) is 4.21. The maximum atomic E-state index is 14.0. The Labute approximate surface area is 156 Å². The van der Waals surface area contributed by atoms with Crippen LogP contribution in [-0.2, 0) is 12.8 Å². The molecule has 1 aromatic heterocycles. The fourth-order valence-electron chi connectivity index (χ4n) is 2.67. The standard InChI is InChI=1S/C20H19ClFN3O/c1-13-18(12-15-16(21)8-5-9-17(15)22)24-20(25-19(13)26)23-11-10-14-6-3-2-4-7-14/h2-9H,10-12H2,1H3,(H2,23,24,25,26). The van der Waals surface area contributed by atoms with E-state index in [1.807, 2.05) is 30.3 Å². The van der Waals surface area contributed by atoms with Crippen LogP contribution in [0.15, 0.2) is 53.3 Å². The largest absolute Gasteiger partial charge is 0.355 e. The summed E-state index contributed by atoms with van der Waals surface area (Å²) in [6, 6.07) is 14.5. The lowest BCUT2D eigenvalue weighted by atomic mass is 10.1. The average Bonchev–Trinajstić information content (AvgIpc) is 2.63. The molecule has 2 aromatic carbocycles. The second kappa shape index (κ2) is 8.15. The molecule has 0 aliphatic heterocycles. The van der Waals surface area contributed by atoms with Crippen molar-refractivity contribution in [2.75, 3.05) is 11.9 Å². The van der Waals surface area contributed by atoms with Crippen LogP contribution in [0.3, 0.4) is 0 Å². The van der Waals surface area contributed by atoms with Crippen LogP contribution >= 0.6 is 11.6 Å². The quantitative estimate of drug-likeness (QED) is 0.685.